The van der Waals surface area contributed by atoms with Crippen LogP contribution >= 0.6 is 11.6 Å². The first-order valence-corrected chi connectivity index (χ1v) is 10.0. The van der Waals surface area contributed by atoms with Crippen LogP contribution in [0.15, 0.2) is 29.4 Å². The highest BCUT2D eigenvalue weighted by molar-refractivity contribution is 6.30. The summed E-state index contributed by atoms with van der Waals surface area (Å²) in [5, 5.41) is 5.13. The number of hydrazone groups is 1. The van der Waals surface area contributed by atoms with E-state index in [1.54, 1.807) is 0 Å². The van der Waals surface area contributed by atoms with Crippen molar-refractivity contribution in [2.75, 3.05) is 0 Å². The molecule has 4 aliphatic rings. The summed E-state index contributed by atoms with van der Waals surface area (Å²) < 4.78 is 0. The fourth-order valence-corrected chi connectivity index (χ4v) is 6.13. The van der Waals surface area contributed by atoms with E-state index in [4.69, 9.17) is 11.6 Å². The summed E-state index contributed by atoms with van der Waals surface area (Å²) >= 11 is 5.95. The molecule has 0 aromatic heterocycles. The molecule has 4 aliphatic carbocycles. The van der Waals surface area contributed by atoms with E-state index in [9.17, 15) is 4.79 Å². The maximum Gasteiger partial charge on any atom is 0.240 e. The Labute approximate surface area is 155 Å². The van der Waals surface area contributed by atoms with Gasteiger partial charge in [0.25, 0.3) is 0 Å². The van der Waals surface area contributed by atoms with E-state index in [-0.39, 0.29) is 11.3 Å². The zero-order chi connectivity index (χ0) is 17.4. The van der Waals surface area contributed by atoms with Gasteiger partial charge in [0.1, 0.15) is 0 Å². The Hall–Kier alpha value is -1.35. The number of hydrogen-bond acceptors (Lipinski definition) is 2. The van der Waals surface area contributed by atoms with Crippen molar-refractivity contribution in [2.45, 2.75) is 58.3 Å². The predicted octanol–water partition coefficient (Wildman–Crippen LogP) is 5.18. The molecule has 0 saturated heterocycles. The Balaban J connectivity index is 1.41. The van der Waals surface area contributed by atoms with Gasteiger partial charge in [-0.1, -0.05) is 30.7 Å². The zero-order valence-electron chi connectivity index (χ0n) is 14.9. The number of carbonyl (C=O) groups is 1. The maximum atomic E-state index is 12.6. The largest absolute Gasteiger partial charge is 0.273 e. The highest BCUT2D eigenvalue weighted by Crippen LogP contribution is 2.61. The van der Waals surface area contributed by atoms with Gasteiger partial charge in [0.05, 0.1) is 5.71 Å². The average Bonchev–Trinajstić information content (AvgIpc) is 2.55. The molecule has 5 rings (SSSR count). The van der Waals surface area contributed by atoms with Gasteiger partial charge in [-0.25, -0.2) is 5.43 Å². The Bertz CT molecular complexity index is 644. The number of amides is 1. The average molecular weight is 359 g/mol. The first-order valence-electron chi connectivity index (χ1n) is 9.66. The first kappa shape index (κ1) is 17.1. The Morgan fingerprint density at radius 3 is 2.20 bits per heavy atom. The van der Waals surface area contributed by atoms with Crippen LogP contribution in [0, 0.1) is 23.2 Å². The molecule has 25 heavy (non-hydrogen) atoms. The topological polar surface area (TPSA) is 41.5 Å². The monoisotopic (exact) mass is 358 g/mol. The number of hydrogen-bond donors (Lipinski definition) is 1. The Morgan fingerprint density at radius 1 is 1.12 bits per heavy atom. The fraction of sp³-hybridized carbons (Fsp3) is 0.619. The molecule has 4 fully saturated rings. The molecule has 0 spiro atoms. The molecular formula is C21H27ClN2O. The van der Waals surface area contributed by atoms with Crippen LogP contribution in [0.1, 0.15) is 63.9 Å². The summed E-state index contributed by atoms with van der Waals surface area (Å²) in [6.07, 6.45) is 9.44. The fourth-order valence-electron chi connectivity index (χ4n) is 6.01. The first-order chi connectivity index (χ1) is 12.0. The van der Waals surface area contributed by atoms with E-state index in [1.165, 1.54) is 38.5 Å². The standard InChI is InChI=1S/C21H27ClN2O/c1-2-19(17-3-5-18(22)6-4-17)23-24-20(25)13-21-10-14-7-15(11-21)9-16(8-14)12-21/h3-6,14-16H,2,7-13H2,1H3,(H,24,25)/b23-19-. The molecule has 0 unspecified atom stereocenters. The summed E-state index contributed by atoms with van der Waals surface area (Å²) in [6, 6.07) is 7.63. The van der Waals surface area contributed by atoms with E-state index in [0.717, 1.165) is 35.4 Å². The van der Waals surface area contributed by atoms with Gasteiger partial charge in [0, 0.05) is 11.4 Å². The van der Waals surface area contributed by atoms with Crippen molar-refractivity contribution in [3.63, 3.8) is 0 Å². The van der Waals surface area contributed by atoms with Gasteiger partial charge >= 0.3 is 0 Å². The van der Waals surface area contributed by atoms with Crippen LogP contribution in [0.3, 0.4) is 0 Å². The van der Waals surface area contributed by atoms with Gasteiger partial charge in [-0.05, 0) is 85.8 Å². The van der Waals surface area contributed by atoms with Crippen molar-refractivity contribution in [1.82, 2.24) is 5.43 Å². The van der Waals surface area contributed by atoms with E-state index >= 15 is 0 Å². The third-order valence-electron chi connectivity index (χ3n) is 6.53. The van der Waals surface area contributed by atoms with Gasteiger partial charge in [-0.15, -0.1) is 0 Å². The van der Waals surface area contributed by atoms with Crippen molar-refractivity contribution in [3.05, 3.63) is 34.9 Å². The Kier molecular flexibility index (Phi) is 4.61. The molecule has 0 aliphatic heterocycles. The highest BCUT2D eigenvalue weighted by atomic mass is 35.5. The summed E-state index contributed by atoms with van der Waals surface area (Å²) in [6.45, 7) is 2.05. The van der Waals surface area contributed by atoms with Crippen molar-refractivity contribution < 1.29 is 4.79 Å². The summed E-state index contributed by atoms with van der Waals surface area (Å²) in [7, 11) is 0. The van der Waals surface area contributed by atoms with Crippen LogP contribution in [0.5, 0.6) is 0 Å². The van der Waals surface area contributed by atoms with Crippen LogP contribution in [0.2, 0.25) is 5.02 Å². The quantitative estimate of drug-likeness (QED) is 0.572. The number of nitrogens with zero attached hydrogens (tertiary/aromatic N) is 1. The molecule has 1 aromatic rings. The molecule has 0 heterocycles. The van der Waals surface area contributed by atoms with Gasteiger partial charge in [0.15, 0.2) is 0 Å². The van der Waals surface area contributed by atoms with Gasteiger partial charge in [-0.2, -0.15) is 5.10 Å². The van der Waals surface area contributed by atoms with Gasteiger partial charge < -0.3 is 0 Å². The molecule has 4 heteroatoms. The second kappa shape index (κ2) is 6.75. The molecule has 0 atom stereocenters. The molecule has 3 nitrogen and oxygen atoms in total. The molecule has 1 amide bonds. The third-order valence-corrected chi connectivity index (χ3v) is 6.78. The number of benzene rings is 1. The molecular weight excluding hydrogens is 332 g/mol. The number of rotatable bonds is 5. The van der Waals surface area contributed by atoms with Crippen LogP contribution in [0.25, 0.3) is 0 Å². The van der Waals surface area contributed by atoms with Crippen LogP contribution in [-0.4, -0.2) is 11.6 Å². The van der Waals surface area contributed by atoms with E-state index < -0.39 is 0 Å². The number of nitrogens with one attached hydrogen (secondary N) is 1. The van der Waals surface area contributed by atoms with Gasteiger partial charge in [-0.3, -0.25) is 4.79 Å². The smallest absolute Gasteiger partial charge is 0.240 e. The molecule has 1 N–H and O–H groups in total. The summed E-state index contributed by atoms with van der Waals surface area (Å²) in [5.41, 5.74) is 5.02. The van der Waals surface area contributed by atoms with E-state index in [2.05, 4.69) is 17.5 Å². The minimum atomic E-state index is 0.0851. The summed E-state index contributed by atoms with van der Waals surface area (Å²) in [4.78, 5) is 12.6. The minimum absolute atomic E-state index is 0.0851. The SMILES string of the molecule is CC/C(=N/NC(=O)CC12CC3CC(CC(C3)C1)C2)c1ccc(Cl)cc1. The van der Waals surface area contributed by atoms with Crippen molar-refractivity contribution >= 4 is 23.2 Å². The predicted molar refractivity (Wildman–Crippen MR) is 102 cm³/mol. The zero-order valence-corrected chi connectivity index (χ0v) is 15.7. The van der Waals surface area contributed by atoms with E-state index in [1.807, 2.05) is 24.3 Å². The third kappa shape index (κ3) is 3.62. The maximum absolute atomic E-state index is 12.6. The lowest BCUT2D eigenvalue weighted by Crippen LogP contribution is -2.47. The van der Waals surface area contributed by atoms with Crippen LogP contribution < -0.4 is 5.43 Å². The molecule has 0 radical (unpaired) electrons. The lowest BCUT2D eigenvalue weighted by molar-refractivity contribution is -0.129. The molecule has 134 valence electrons. The second-order valence-corrected chi connectivity index (χ2v) is 8.98. The normalized spacial score (nSPS) is 33.5. The lowest BCUT2D eigenvalue weighted by Gasteiger charge is -2.56. The molecule has 4 saturated carbocycles. The van der Waals surface area contributed by atoms with Crippen molar-refractivity contribution in [2.24, 2.45) is 28.3 Å². The number of carbonyl (C=O) groups excluding carboxylic acids is 1. The van der Waals surface area contributed by atoms with Crippen LogP contribution in [-0.2, 0) is 4.79 Å². The molecule has 1 aromatic carbocycles. The van der Waals surface area contributed by atoms with Crippen molar-refractivity contribution in [3.8, 4) is 0 Å². The highest BCUT2D eigenvalue weighted by Gasteiger charge is 2.51. The lowest BCUT2D eigenvalue weighted by atomic mass is 9.49. The van der Waals surface area contributed by atoms with Crippen molar-refractivity contribution in [1.29, 1.82) is 0 Å². The van der Waals surface area contributed by atoms with Crippen LogP contribution in [0.4, 0.5) is 0 Å². The minimum Gasteiger partial charge on any atom is -0.273 e. The second-order valence-electron chi connectivity index (χ2n) is 8.55. The molecule has 4 bridgehead atoms. The summed E-state index contributed by atoms with van der Waals surface area (Å²) in [5.74, 6) is 2.72. The van der Waals surface area contributed by atoms with Gasteiger partial charge in [0.2, 0.25) is 5.91 Å². The number of halogens is 1. The Morgan fingerprint density at radius 2 is 1.68 bits per heavy atom. The van der Waals surface area contributed by atoms with E-state index in [0.29, 0.717) is 11.4 Å².